The zero-order valence-corrected chi connectivity index (χ0v) is 9.87. The summed E-state index contributed by atoms with van der Waals surface area (Å²) in [4.78, 5) is 11.6. The number of ether oxygens (including phenoxy) is 1. The average molecular weight is 230 g/mol. The fraction of sp³-hybridized carbons (Fsp3) is 0.909. The van der Waals surface area contributed by atoms with E-state index in [1.807, 2.05) is 6.92 Å². The molecule has 1 aliphatic rings. The maximum atomic E-state index is 11.6. The summed E-state index contributed by atoms with van der Waals surface area (Å²) in [7, 11) is 0. The minimum atomic E-state index is -0.344. The predicted molar refractivity (Wildman–Crippen MR) is 61.1 cm³/mol. The molecule has 1 rings (SSSR count). The first-order chi connectivity index (χ1) is 7.74. The van der Waals surface area contributed by atoms with E-state index in [2.05, 4.69) is 10.6 Å². The highest BCUT2D eigenvalue weighted by atomic mass is 16.5. The molecule has 2 unspecified atom stereocenters. The van der Waals surface area contributed by atoms with Gasteiger partial charge in [0, 0.05) is 26.2 Å². The summed E-state index contributed by atoms with van der Waals surface area (Å²) < 4.78 is 5.32. The van der Waals surface area contributed by atoms with Gasteiger partial charge in [-0.25, -0.2) is 0 Å². The van der Waals surface area contributed by atoms with Crippen LogP contribution in [-0.2, 0) is 9.53 Å². The van der Waals surface area contributed by atoms with Gasteiger partial charge in [-0.05, 0) is 18.8 Å². The summed E-state index contributed by atoms with van der Waals surface area (Å²) in [5, 5.41) is 14.8. The molecule has 0 spiro atoms. The second-order valence-corrected chi connectivity index (χ2v) is 4.28. The molecule has 2 atom stereocenters. The van der Waals surface area contributed by atoms with E-state index < -0.39 is 0 Å². The summed E-state index contributed by atoms with van der Waals surface area (Å²) in [6, 6.07) is 0. The monoisotopic (exact) mass is 230 g/mol. The zero-order chi connectivity index (χ0) is 11.8. The molecule has 0 aromatic rings. The Morgan fingerprint density at radius 2 is 2.50 bits per heavy atom. The average Bonchev–Trinajstić information content (AvgIpc) is 2.35. The molecule has 1 saturated heterocycles. The highest BCUT2D eigenvalue weighted by Gasteiger charge is 2.20. The van der Waals surface area contributed by atoms with Gasteiger partial charge in [-0.3, -0.25) is 4.79 Å². The molecule has 0 bridgehead atoms. The van der Waals surface area contributed by atoms with Crippen LogP contribution in [0.5, 0.6) is 0 Å². The molecule has 3 N–H and O–H groups in total. The molecule has 1 aliphatic heterocycles. The van der Waals surface area contributed by atoms with Gasteiger partial charge in [-0.1, -0.05) is 6.92 Å². The van der Waals surface area contributed by atoms with Gasteiger partial charge in [0.05, 0.1) is 6.61 Å². The van der Waals surface area contributed by atoms with E-state index in [1.165, 1.54) is 0 Å². The quantitative estimate of drug-likeness (QED) is 0.538. The second-order valence-electron chi connectivity index (χ2n) is 4.28. The number of aliphatic hydroxyl groups excluding tert-OH is 1. The number of rotatable bonds is 6. The van der Waals surface area contributed by atoms with E-state index in [0.29, 0.717) is 25.6 Å². The minimum Gasteiger partial charge on any atom is -0.396 e. The van der Waals surface area contributed by atoms with Crippen LogP contribution in [0.25, 0.3) is 0 Å². The topological polar surface area (TPSA) is 70.6 Å². The first-order valence-corrected chi connectivity index (χ1v) is 5.95. The van der Waals surface area contributed by atoms with Crippen molar-refractivity contribution in [3.63, 3.8) is 0 Å². The van der Waals surface area contributed by atoms with E-state index in [0.717, 1.165) is 19.4 Å². The van der Waals surface area contributed by atoms with E-state index in [1.54, 1.807) is 0 Å². The smallest absolute Gasteiger partial charge is 0.250 e. The van der Waals surface area contributed by atoms with Crippen LogP contribution in [0, 0.1) is 5.92 Å². The van der Waals surface area contributed by atoms with Crippen molar-refractivity contribution < 1.29 is 14.6 Å². The lowest BCUT2D eigenvalue weighted by molar-refractivity contribution is -0.134. The SMILES string of the molecule is CC(CO)CCCNC(=O)C1CNCCO1. The van der Waals surface area contributed by atoms with Crippen LogP contribution in [0.2, 0.25) is 0 Å². The van der Waals surface area contributed by atoms with Crippen molar-refractivity contribution >= 4 is 5.91 Å². The van der Waals surface area contributed by atoms with Crippen molar-refractivity contribution in [3.05, 3.63) is 0 Å². The van der Waals surface area contributed by atoms with E-state index in [-0.39, 0.29) is 18.6 Å². The Balaban J connectivity index is 2.05. The zero-order valence-electron chi connectivity index (χ0n) is 9.87. The van der Waals surface area contributed by atoms with Gasteiger partial charge in [0.15, 0.2) is 0 Å². The summed E-state index contributed by atoms with van der Waals surface area (Å²) >= 11 is 0. The van der Waals surface area contributed by atoms with Crippen LogP contribution < -0.4 is 10.6 Å². The Hall–Kier alpha value is -0.650. The number of morpholine rings is 1. The lowest BCUT2D eigenvalue weighted by Gasteiger charge is -2.22. The number of hydrogen-bond donors (Lipinski definition) is 3. The van der Waals surface area contributed by atoms with Crippen molar-refractivity contribution in [2.75, 3.05) is 32.8 Å². The molecule has 1 amide bonds. The minimum absolute atomic E-state index is 0.0381. The van der Waals surface area contributed by atoms with Crippen molar-refractivity contribution in [1.29, 1.82) is 0 Å². The molecule has 1 fully saturated rings. The first-order valence-electron chi connectivity index (χ1n) is 5.95. The molecule has 5 nitrogen and oxygen atoms in total. The normalized spacial score (nSPS) is 22.8. The first kappa shape index (κ1) is 13.4. The van der Waals surface area contributed by atoms with E-state index >= 15 is 0 Å². The molecule has 0 radical (unpaired) electrons. The number of hydrogen-bond acceptors (Lipinski definition) is 4. The molecule has 0 aromatic heterocycles. The Morgan fingerprint density at radius 3 is 3.12 bits per heavy atom. The predicted octanol–water partition coefficient (Wildman–Crippen LogP) is -0.500. The lowest BCUT2D eigenvalue weighted by Crippen LogP contribution is -2.48. The standard InChI is InChI=1S/C11H22N2O3/c1-9(8-14)3-2-4-13-11(15)10-7-12-5-6-16-10/h9-10,12,14H,2-8H2,1H3,(H,13,15). The van der Waals surface area contributed by atoms with Crippen LogP contribution in [-0.4, -0.2) is 50.0 Å². The van der Waals surface area contributed by atoms with Crippen molar-refractivity contribution in [3.8, 4) is 0 Å². The fourth-order valence-electron chi connectivity index (χ4n) is 1.60. The maximum Gasteiger partial charge on any atom is 0.250 e. The Kier molecular flexibility index (Phi) is 6.37. The maximum absolute atomic E-state index is 11.6. The van der Waals surface area contributed by atoms with Crippen molar-refractivity contribution in [1.82, 2.24) is 10.6 Å². The van der Waals surface area contributed by atoms with Gasteiger partial charge in [-0.2, -0.15) is 0 Å². The van der Waals surface area contributed by atoms with Crippen LogP contribution in [0.15, 0.2) is 0 Å². The third-order valence-corrected chi connectivity index (χ3v) is 2.70. The summed E-state index contributed by atoms with van der Waals surface area (Å²) in [6.07, 6.45) is 1.48. The number of aliphatic hydroxyl groups is 1. The van der Waals surface area contributed by atoms with E-state index in [4.69, 9.17) is 9.84 Å². The van der Waals surface area contributed by atoms with Crippen LogP contribution in [0.3, 0.4) is 0 Å². The van der Waals surface area contributed by atoms with Crippen molar-refractivity contribution in [2.45, 2.75) is 25.9 Å². The summed E-state index contributed by atoms with van der Waals surface area (Å²) in [5.41, 5.74) is 0. The van der Waals surface area contributed by atoms with Gasteiger partial charge in [0.1, 0.15) is 6.10 Å². The fourth-order valence-corrected chi connectivity index (χ4v) is 1.60. The number of carbonyl (C=O) groups excluding carboxylic acids is 1. The molecule has 16 heavy (non-hydrogen) atoms. The van der Waals surface area contributed by atoms with Crippen molar-refractivity contribution in [2.24, 2.45) is 5.92 Å². The molecule has 0 aliphatic carbocycles. The third kappa shape index (κ3) is 4.92. The largest absolute Gasteiger partial charge is 0.396 e. The molecular formula is C11H22N2O3. The molecule has 5 heteroatoms. The summed E-state index contributed by atoms with van der Waals surface area (Å²) in [6.45, 7) is 4.87. The third-order valence-electron chi connectivity index (χ3n) is 2.70. The van der Waals surface area contributed by atoms with Gasteiger partial charge in [-0.15, -0.1) is 0 Å². The molecule has 1 heterocycles. The highest BCUT2D eigenvalue weighted by Crippen LogP contribution is 2.03. The van der Waals surface area contributed by atoms with Gasteiger partial charge in [0.2, 0.25) is 5.91 Å². The lowest BCUT2D eigenvalue weighted by atomic mass is 10.1. The number of amides is 1. The highest BCUT2D eigenvalue weighted by molar-refractivity contribution is 5.81. The number of carbonyl (C=O) groups is 1. The Morgan fingerprint density at radius 1 is 1.69 bits per heavy atom. The van der Waals surface area contributed by atoms with Gasteiger partial charge in [0.25, 0.3) is 0 Å². The van der Waals surface area contributed by atoms with E-state index in [9.17, 15) is 4.79 Å². The second kappa shape index (κ2) is 7.60. The Labute approximate surface area is 96.6 Å². The summed E-state index contributed by atoms with van der Waals surface area (Å²) in [5.74, 6) is 0.272. The molecular weight excluding hydrogens is 208 g/mol. The van der Waals surface area contributed by atoms with Crippen LogP contribution >= 0.6 is 0 Å². The molecule has 0 aromatic carbocycles. The van der Waals surface area contributed by atoms with Crippen LogP contribution in [0.4, 0.5) is 0 Å². The Bertz CT molecular complexity index is 205. The molecule has 94 valence electrons. The van der Waals surface area contributed by atoms with Crippen LogP contribution in [0.1, 0.15) is 19.8 Å². The van der Waals surface area contributed by atoms with Gasteiger partial charge < -0.3 is 20.5 Å². The molecule has 0 saturated carbocycles. The number of nitrogens with one attached hydrogen (secondary N) is 2. The van der Waals surface area contributed by atoms with Gasteiger partial charge >= 0.3 is 0 Å².